The molecule has 1 unspecified atom stereocenters. The summed E-state index contributed by atoms with van der Waals surface area (Å²) in [6.45, 7) is 6.05. The number of ether oxygens (including phenoxy) is 5. The van der Waals surface area contributed by atoms with Crippen molar-refractivity contribution in [1.29, 1.82) is 0 Å². The molecular formula is C19H32O6. The van der Waals surface area contributed by atoms with Crippen LogP contribution in [-0.4, -0.2) is 63.4 Å². The summed E-state index contributed by atoms with van der Waals surface area (Å²) in [5.74, 6) is 0.116. The molecule has 0 aromatic heterocycles. The Hall–Kier alpha value is -0.760. The molecule has 0 aliphatic carbocycles. The molecule has 0 bridgehead atoms. The molecule has 1 N–H and O–H groups in total. The fraction of sp³-hybridized carbons (Fsp3) is 0.789. The van der Waals surface area contributed by atoms with Crippen molar-refractivity contribution in [2.75, 3.05) is 21.3 Å². The van der Waals surface area contributed by atoms with Crippen LogP contribution in [0.2, 0.25) is 0 Å². The van der Waals surface area contributed by atoms with Gasteiger partial charge in [-0.15, -0.1) is 0 Å². The van der Waals surface area contributed by atoms with Crippen LogP contribution >= 0.6 is 0 Å². The van der Waals surface area contributed by atoms with Gasteiger partial charge in [0.2, 0.25) is 0 Å². The lowest BCUT2D eigenvalue weighted by molar-refractivity contribution is -0.236. The summed E-state index contributed by atoms with van der Waals surface area (Å²) in [6, 6.07) is 0. The van der Waals surface area contributed by atoms with Gasteiger partial charge < -0.3 is 28.8 Å². The van der Waals surface area contributed by atoms with E-state index in [0.717, 1.165) is 12.0 Å². The standard InChI is InChI=1S/C19H32O6/c1-11(17-14(21-4)7-8-16(23-6)24-17)9-12(2)18-15(22-5)10-13(3)19(20)25-18/h7-9,12-20H,10H2,1-6H3/b11-9+/t12-,13-,14-,15-,16+,17-,18+,19?/m0/s1. The number of aliphatic hydroxyl groups is 1. The SMILES string of the molecule is CO[C@H]1C=C[C@H](OC)[C@H](/C(C)=C/[C@H](C)[C@H]2OC(O)[C@@H](C)C[C@@H]2OC)O1. The van der Waals surface area contributed by atoms with E-state index in [1.807, 2.05) is 26.0 Å². The summed E-state index contributed by atoms with van der Waals surface area (Å²) in [4.78, 5) is 0. The van der Waals surface area contributed by atoms with Gasteiger partial charge in [0, 0.05) is 33.2 Å². The molecule has 2 aliphatic heterocycles. The van der Waals surface area contributed by atoms with E-state index in [4.69, 9.17) is 23.7 Å². The Bertz CT molecular complexity index is 477. The van der Waals surface area contributed by atoms with Gasteiger partial charge in [-0.25, -0.2) is 0 Å². The van der Waals surface area contributed by atoms with Crippen LogP contribution in [0.5, 0.6) is 0 Å². The number of aliphatic hydroxyl groups excluding tert-OH is 1. The third kappa shape index (κ3) is 4.90. The van der Waals surface area contributed by atoms with Gasteiger partial charge in [-0.3, -0.25) is 0 Å². The second-order valence-corrected chi connectivity index (χ2v) is 6.99. The van der Waals surface area contributed by atoms with Crippen molar-refractivity contribution in [2.24, 2.45) is 11.8 Å². The summed E-state index contributed by atoms with van der Waals surface area (Å²) < 4.78 is 28.2. The Kier molecular flexibility index (Phi) is 7.61. The minimum Gasteiger partial charge on any atom is -0.379 e. The molecule has 1 saturated heterocycles. The highest BCUT2D eigenvalue weighted by atomic mass is 16.7. The van der Waals surface area contributed by atoms with Crippen molar-refractivity contribution in [3.8, 4) is 0 Å². The van der Waals surface area contributed by atoms with Crippen molar-refractivity contribution in [3.63, 3.8) is 0 Å². The predicted octanol–water partition coefficient (Wildman–Crippen LogP) is 2.27. The Morgan fingerprint density at radius 2 is 1.88 bits per heavy atom. The summed E-state index contributed by atoms with van der Waals surface area (Å²) in [7, 11) is 4.97. The van der Waals surface area contributed by atoms with Gasteiger partial charge in [0.1, 0.15) is 12.2 Å². The fourth-order valence-corrected chi connectivity index (χ4v) is 3.57. The van der Waals surface area contributed by atoms with E-state index in [2.05, 4.69) is 13.0 Å². The zero-order chi connectivity index (χ0) is 18.6. The summed E-state index contributed by atoms with van der Waals surface area (Å²) in [5.41, 5.74) is 1.04. The van der Waals surface area contributed by atoms with Crippen LogP contribution in [0.4, 0.5) is 0 Å². The quantitative estimate of drug-likeness (QED) is 0.737. The molecule has 2 heterocycles. The van der Waals surface area contributed by atoms with E-state index in [9.17, 15) is 5.11 Å². The molecular weight excluding hydrogens is 324 g/mol. The summed E-state index contributed by atoms with van der Waals surface area (Å²) in [5, 5.41) is 10.1. The number of hydrogen-bond acceptors (Lipinski definition) is 6. The molecule has 0 aromatic carbocycles. The van der Waals surface area contributed by atoms with Crippen molar-refractivity contribution in [2.45, 2.75) is 64.2 Å². The van der Waals surface area contributed by atoms with E-state index in [-0.39, 0.29) is 42.5 Å². The van der Waals surface area contributed by atoms with E-state index in [1.54, 1.807) is 21.3 Å². The van der Waals surface area contributed by atoms with Crippen molar-refractivity contribution in [3.05, 3.63) is 23.8 Å². The lowest BCUT2D eigenvalue weighted by Crippen LogP contribution is -2.47. The highest BCUT2D eigenvalue weighted by molar-refractivity contribution is 5.17. The van der Waals surface area contributed by atoms with Gasteiger partial charge in [-0.2, -0.15) is 0 Å². The van der Waals surface area contributed by atoms with Gasteiger partial charge in [0.25, 0.3) is 0 Å². The second kappa shape index (κ2) is 9.26. The lowest BCUT2D eigenvalue weighted by atomic mass is 9.87. The maximum Gasteiger partial charge on any atom is 0.177 e. The first-order chi connectivity index (χ1) is 11.9. The van der Waals surface area contributed by atoms with Crippen LogP contribution in [-0.2, 0) is 23.7 Å². The number of methoxy groups -OCH3 is 3. The van der Waals surface area contributed by atoms with Gasteiger partial charge in [-0.1, -0.05) is 26.0 Å². The van der Waals surface area contributed by atoms with Gasteiger partial charge in [-0.05, 0) is 25.0 Å². The smallest absolute Gasteiger partial charge is 0.177 e. The summed E-state index contributed by atoms with van der Waals surface area (Å²) >= 11 is 0. The largest absolute Gasteiger partial charge is 0.379 e. The Morgan fingerprint density at radius 1 is 1.16 bits per heavy atom. The van der Waals surface area contributed by atoms with Crippen LogP contribution in [0.25, 0.3) is 0 Å². The summed E-state index contributed by atoms with van der Waals surface area (Å²) in [6.07, 6.45) is 4.92. The van der Waals surface area contributed by atoms with Crippen LogP contribution < -0.4 is 0 Å². The minimum absolute atomic E-state index is 0.0467. The van der Waals surface area contributed by atoms with E-state index >= 15 is 0 Å². The molecule has 2 rings (SSSR count). The molecule has 6 nitrogen and oxygen atoms in total. The zero-order valence-corrected chi connectivity index (χ0v) is 16.0. The third-order valence-corrected chi connectivity index (χ3v) is 5.09. The fourth-order valence-electron chi connectivity index (χ4n) is 3.57. The average Bonchev–Trinajstić information content (AvgIpc) is 2.62. The molecule has 25 heavy (non-hydrogen) atoms. The molecule has 0 amide bonds. The van der Waals surface area contributed by atoms with Crippen LogP contribution in [0.15, 0.2) is 23.8 Å². The normalized spacial score (nSPS) is 40.9. The first-order valence-electron chi connectivity index (χ1n) is 8.85. The number of rotatable bonds is 6. The third-order valence-electron chi connectivity index (χ3n) is 5.09. The van der Waals surface area contributed by atoms with Crippen molar-refractivity contribution >= 4 is 0 Å². The molecule has 0 radical (unpaired) electrons. The van der Waals surface area contributed by atoms with E-state index in [0.29, 0.717) is 0 Å². The molecule has 144 valence electrons. The Morgan fingerprint density at radius 3 is 2.48 bits per heavy atom. The molecule has 0 aromatic rings. The molecule has 1 fully saturated rings. The maximum absolute atomic E-state index is 10.1. The first-order valence-corrected chi connectivity index (χ1v) is 8.85. The average molecular weight is 356 g/mol. The maximum atomic E-state index is 10.1. The molecule has 2 aliphatic rings. The van der Waals surface area contributed by atoms with Crippen molar-refractivity contribution in [1.82, 2.24) is 0 Å². The Balaban J connectivity index is 2.12. The van der Waals surface area contributed by atoms with E-state index < -0.39 is 6.29 Å². The molecule has 6 heteroatoms. The molecule has 0 saturated carbocycles. The minimum atomic E-state index is -0.758. The first kappa shape index (κ1) is 20.6. The lowest BCUT2D eigenvalue weighted by Gasteiger charge is -2.40. The molecule has 0 spiro atoms. The highest BCUT2D eigenvalue weighted by Crippen LogP contribution is 2.31. The van der Waals surface area contributed by atoms with Crippen LogP contribution in [0.1, 0.15) is 27.2 Å². The van der Waals surface area contributed by atoms with E-state index in [1.165, 1.54) is 0 Å². The Labute approximate surface area is 150 Å². The van der Waals surface area contributed by atoms with Gasteiger partial charge >= 0.3 is 0 Å². The zero-order valence-electron chi connectivity index (χ0n) is 16.0. The van der Waals surface area contributed by atoms with Gasteiger partial charge in [0.15, 0.2) is 12.6 Å². The van der Waals surface area contributed by atoms with Gasteiger partial charge in [0.05, 0.1) is 12.2 Å². The highest BCUT2D eigenvalue weighted by Gasteiger charge is 2.38. The molecule has 8 atom stereocenters. The van der Waals surface area contributed by atoms with Crippen LogP contribution in [0, 0.1) is 11.8 Å². The second-order valence-electron chi connectivity index (χ2n) is 6.99. The number of hydrogen-bond donors (Lipinski definition) is 1. The van der Waals surface area contributed by atoms with Crippen molar-refractivity contribution < 1.29 is 28.8 Å². The predicted molar refractivity (Wildman–Crippen MR) is 94.0 cm³/mol. The topological polar surface area (TPSA) is 66.4 Å². The van der Waals surface area contributed by atoms with Crippen LogP contribution in [0.3, 0.4) is 0 Å². The monoisotopic (exact) mass is 356 g/mol.